The Morgan fingerprint density at radius 2 is 1.91 bits per heavy atom. The lowest BCUT2D eigenvalue weighted by Crippen LogP contribution is -2.66. The zero-order valence-corrected chi connectivity index (χ0v) is 13.6. The van der Waals surface area contributed by atoms with Crippen LogP contribution in [0, 0.1) is 11.6 Å². The SMILES string of the molecule is CN1C(=O)C2CSSC1(C)C(=O)N2Cc1cc(F)cc(F)c1. The van der Waals surface area contributed by atoms with Crippen LogP contribution in [-0.4, -0.2) is 45.3 Å². The van der Waals surface area contributed by atoms with Crippen molar-refractivity contribution >= 4 is 33.4 Å². The fourth-order valence-electron chi connectivity index (χ4n) is 2.67. The topological polar surface area (TPSA) is 40.6 Å². The summed E-state index contributed by atoms with van der Waals surface area (Å²) in [5, 5.41) is 0. The van der Waals surface area contributed by atoms with Crippen LogP contribution >= 0.6 is 21.6 Å². The number of rotatable bonds is 2. The third kappa shape index (κ3) is 2.38. The Hall–Kier alpha value is -1.28. The molecule has 3 aliphatic rings. The van der Waals surface area contributed by atoms with Gasteiger partial charge in [0.05, 0.1) is 0 Å². The first kappa shape index (κ1) is 15.6. The Labute approximate surface area is 134 Å². The van der Waals surface area contributed by atoms with Crippen LogP contribution in [0.4, 0.5) is 8.78 Å². The van der Waals surface area contributed by atoms with E-state index in [9.17, 15) is 18.4 Å². The molecule has 2 atom stereocenters. The van der Waals surface area contributed by atoms with Gasteiger partial charge in [-0.2, -0.15) is 0 Å². The molecular weight excluding hydrogens is 330 g/mol. The maximum absolute atomic E-state index is 13.3. The van der Waals surface area contributed by atoms with E-state index in [1.807, 2.05) is 0 Å². The van der Waals surface area contributed by atoms with Crippen LogP contribution in [0.1, 0.15) is 12.5 Å². The van der Waals surface area contributed by atoms with Gasteiger partial charge in [-0.3, -0.25) is 9.59 Å². The largest absolute Gasteiger partial charge is 0.323 e. The van der Waals surface area contributed by atoms with Gasteiger partial charge in [0, 0.05) is 25.4 Å². The Bertz CT molecular complexity index is 637. The minimum atomic E-state index is -0.985. The lowest BCUT2D eigenvalue weighted by molar-refractivity contribution is -0.160. The molecule has 2 bridgehead atoms. The number of likely N-dealkylation sites (N-methyl/N-ethyl adjacent to an activating group) is 1. The summed E-state index contributed by atoms with van der Waals surface area (Å²) >= 11 is 0. The Morgan fingerprint density at radius 1 is 1.27 bits per heavy atom. The molecule has 8 heteroatoms. The number of piperazine rings is 1. The van der Waals surface area contributed by atoms with Gasteiger partial charge in [0.15, 0.2) is 4.87 Å². The zero-order chi connectivity index (χ0) is 16.1. The van der Waals surface area contributed by atoms with Crippen LogP contribution in [0.2, 0.25) is 0 Å². The highest BCUT2D eigenvalue weighted by Crippen LogP contribution is 2.47. The predicted molar refractivity (Wildman–Crippen MR) is 81.9 cm³/mol. The number of benzene rings is 1. The third-order valence-electron chi connectivity index (χ3n) is 4.01. The second kappa shape index (κ2) is 5.42. The third-order valence-corrected chi connectivity index (χ3v) is 7.09. The van der Waals surface area contributed by atoms with Crippen molar-refractivity contribution in [2.45, 2.75) is 24.4 Å². The van der Waals surface area contributed by atoms with Gasteiger partial charge in [0.1, 0.15) is 17.7 Å². The van der Waals surface area contributed by atoms with E-state index in [0.717, 1.165) is 6.07 Å². The highest BCUT2D eigenvalue weighted by molar-refractivity contribution is 8.77. The number of carbonyl (C=O) groups is 2. The van der Waals surface area contributed by atoms with E-state index >= 15 is 0 Å². The van der Waals surface area contributed by atoms with Gasteiger partial charge >= 0.3 is 0 Å². The van der Waals surface area contributed by atoms with Crippen molar-refractivity contribution in [3.05, 3.63) is 35.4 Å². The number of nitrogens with zero attached hydrogens (tertiary/aromatic N) is 2. The van der Waals surface area contributed by atoms with Crippen LogP contribution in [0.15, 0.2) is 18.2 Å². The van der Waals surface area contributed by atoms with E-state index in [0.29, 0.717) is 11.3 Å². The summed E-state index contributed by atoms with van der Waals surface area (Å²) in [6.07, 6.45) is 0. The van der Waals surface area contributed by atoms with Crippen molar-refractivity contribution in [2.75, 3.05) is 12.8 Å². The molecule has 3 aliphatic heterocycles. The molecule has 0 aromatic heterocycles. The average molecular weight is 344 g/mol. The van der Waals surface area contributed by atoms with Gasteiger partial charge in [-0.1, -0.05) is 21.6 Å². The summed E-state index contributed by atoms with van der Waals surface area (Å²) in [7, 11) is 4.44. The molecule has 118 valence electrons. The number of halogens is 2. The normalized spacial score (nSPS) is 28.3. The van der Waals surface area contributed by atoms with Crippen LogP contribution in [0.3, 0.4) is 0 Å². The van der Waals surface area contributed by atoms with Crippen molar-refractivity contribution in [1.29, 1.82) is 0 Å². The van der Waals surface area contributed by atoms with Crippen LogP contribution in [-0.2, 0) is 16.1 Å². The predicted octanol–water partition coefficient (Wildman–Crippen LogP) is 2.25. The highest BCUT2D eigenvalue weighted by Gasteiger charge is 2.55. The van der Waals surface area contributed by atoms with E-state index < -0.39 is 22.5 Å². The lowest BCUT2D eigenvalue weighted by Gasteiger charge is -2.45. The van der Waals surface area contributed by atoms with Crippen molar-refractivity contribution in [3.63, 3.8) is 0 Å². The number of amides is 2. The van der Waals surface area contributed by atoms with E-state index in [-0.39, 0.29) is 18.4 Å². The molecule has 0 radical (unpaired) electrons. The Kier molecular flexibility index (Phi) is 3.84. The molecule has 2 unspecified atom stereocenters. The molecular formula is C14H14F2N2O2S2. The van der Waals surface area contributed by atoms with Crippen LogP contribution in [0.25, 0.3) is 0 Å². The molecule has 0 saturated carbocycles. The Balaban J connectivity index is 1.96. The van der Waals surface area contributed by atoms with E-state index in [1.165, 1.54) is 43.5 Å². The highest BCUT2D eigenvalue weighted by atomic mass is 33.1. The number of fused-ring (bicyclic) bond motifs is 4. The summed E-state index contributed by atoms with van der Waals surface area (Å²) < 4.78 is 26.7. The molecule has 0 spiro atoms. The monoisotopic (exact) mass is 344 g/mol. The van der Waals surface area contributed by atoms with Crippen molar-refractivity contribution < 1.29 is 18.4 Å². The molecule has 3 fully saturated rings. The maximum atomic E-state index is 13.3. The number of hydrogen-bond acceptors (Lipinski definition) is 4. The molecule has 22 heavy (non-hydrogen) atoms. The molecule has 4 nitrogen and oxygen atoms in total. The fraction of sp³-hybridized carbons (Fsp3) is 0.429. The fourth-order valence-corrected chi connectivity index (χ4v) is 5.63. The van der Waals surface area contributed by atoms with Gasteiger partial charge in [-0.15, -0.1) is 0 Å². The van der Waals surface area contributed by atoms with Gasteiger partial charge in [0.25, 0.3) is 5.91 Å². The first-order valence-corrected chi connectivity index (χ1v) is 8.99. The van der Waals surface area contributed by atoms with Crippen molar-refractivity contribution in [3.8, 4) is 0 Å². The van der Waals surface area contributed by atoms with E-state index in [1.54, 1.807) is 14.0 Å². The van der Waals surface area contributed by atoms with Gasteiger partial charge in [-0.05, 0) is 24.6 Å². The second-order valence-electron chi connectivity index (χ2n) is 5.47. The summed E-state index contributed by atoms with van der Waals surface area (Å²) in [5.74, 6) is -1.27. The zero-order valence-electron chi connectivity index (χ0n) is 12.0. The lowest BCUT2D eigenvalue weighted by atomic mass is 10.0. The average Bonchev–Trinajstić information content (AvgIpc) is 2.63. The standard InChI is InChI=1S/C14H14F2N2O2S2/c1-14-13(20)18(6-8-3-9(15)5-10(16)4-8)11(7-21-22-14)12(19)17(14)2/h3-5,11H,6-7H2,1-2H3. The summed E-state index contributed by atoms with van der Waals surface area (Å²) in [5.41, 5.74) is 0.340. The minimum Gasteiger partial charge on any atom is -0.323 e. The van der Waals surface area contributed by atoms with Crippen LogP contribution in [0.5, 0.6) is 0 Å². The summed E-state index contributed by atoms with van der Waals surface area (Å²) in [6.45, 7) is 1.72. The molecule has 0 aliphatic carbocycles. The van der Waals surface area contributed by atoms with Gasteiger partial charge in [-0.25, -0.2) is 8.78 Å². The molecule has 0 N–H and O–H groups in total. The molecule has 3 heterocycles. The molecule has 1 aromatic carbocycles. The van der Waals surface area contributed by atoms with E-state index in [2.05, 4.69) is 0 Å². The molecule has 3 saturated heterocycles. The van der Waals surface area contributed by atoms with E-state index in [4.69, 9.17) is 0 Å². The maximum Gasteiger partial charge on any atom is 0.260 e. The van der Waals surface area contributed by atoms with Crippen LogP contribution < -0.4 is 0 Å². The van der Waals surface area contributed by atoms with Gasteiger partial charge in [0.2, 0.25) is 5.91 Å². The number of carbonyl (C=O) groups excluding carboxylic acids is 2. The molecule has 2 amide bonds. The Morgan fingerprint density at radius 3 is 2.55 bits per heavy atom. The first-order chi connectivity index (χ1) is 10.3. The van der Waals surface area contributed by atoms with Crippen molar-refractivity contribution in [1.82, 2.24) is 9.80 Å². The van der Waals surface area contributed by atoms with Gasteiger partial charge < -0.3 is 9.80 Å². The smallest absolute Gasteiger partial charge is 0.260 e. The number of hydrogen-bond donors (Lipinski definition) is 0. The first-order valence-electron chi connectivity index (χ1n) is 6.67. The second-order valence-corrected chi connectivity index (χ2v) is 8.21. The molecule has 4 rings (SSSR count). The minimum absolute atomic E-state index is 0.0223. The quantitative estimate of drug-likeness (QED) is 0.772. The summed E-state index contributed by atoms with van der Waals surface area (Å²) in [6, 6.07) is 2.56. The molecule has 1 aromatic rings. The van der Waals surface area contributed by atoms with Crippen molar-refractivity contribution in [2.24, 2.45) is 0 Å². The summed E-state index contributed by atoms with van der Waals surface area (Å²) in [4.78, 5) is 27.1.